The molecule has 0 unspecified atom stereocenters. The number of benzene rings is 1. The Morgan fingerprint density at radius 3 is 3.00 bits per heavy atom. The normalized spacial score (nSPS) is 22.2. The van der Waals surface area contributed by atoms with E-state index in [1.807, 2.05) is 0 Å². The van der Waals surface area contributed by atoms with E-state index in [9.17, 15) is 0 Å². The van der Waals surface area contributed by atoms with Crippen LogP contribution in [0.2, 0.25) is 0 Å². The van der Waals surface area contributed by atoms with Crippen LogP contribution in [0.3, 0.4) is 0 Å². The van der Waals surface area contributed by atoms with Crippen LogP contribution in [0.1, 0.15) is 36.5 Å². The van der Waals surface area contributed by atoms with Crippen molar-refractivity contribution in [2.45, 2.75) is 39.5 Å². The average molecular weight is 174 g/mol. The number of hydrogen-bond acceptors (Lipinski definition) is 0. The van der Waals surface area contributed by atoms with Gasteiger partial charge in [0.05, 0.1) is 0 Å². The minimum absolute atomic E-state index is 0.877. The first-order chi connectivity index (χ1) is 6.27. The molecule has 1 aromatic rings. The molecule has 0 heteroatoms. The SMILES string of the molecule is Cc1cccc2c1C[C@H](C)CCC2. The van der Waals surface area contributed by atoms with E-state index in [4.69, 9.17) is 0 Å². The third-order valence-electron chi connectivity index (χ3n) is 3.20. The Morgan fingerprint density at radius 2 is 2.15 bits per heavy atom. The fraction of sp³-hybridized carbons (Fsp3) is 0.538. The van der Waals surface area contributed by atoms with Crippen molar-refractivity contribution in [2.75, 3.05) is 0 Å². The molecule has 0 bridgehead atoms. The molecule has 2 rings (SSSR count). The van der Waals surface area contributed by atoms with Crippen LogP contribution in [0.25, 0.3) is 0 Å². The zero-order chi connectivity index (χ0) is 9.26. The maximum atomic E-state index is 2.38. The summed E-state index contributed by atoms with van der Waals surface area (Å²) < 4.78 is 0. The quantitative estimate of drug-likeness (QED) is 0.528. The number of aryl methyl sites for hydroxylation is 2. The fourth-order valence-electron chi connectivity index (χ4n) is 2.38. The highest BCUT2D eigenvalue weighted by molar-refractivity contribution is 5.35. The molecule has 0 radical (unpaired) electrons. The van der Waals surface area contributed by atoms with Crippen molar-refractivity contribution in [2.24, 2.45) is 5.92 Å². The van der Waals surface area contributed by atoms with E-state index in [0.717, 1.165) is 5.92 Å². The molecule has 0 saturated heterocycles. The molecule has 1 aromatic carbocycles. The van der Waals surface area contributed by atoms with Gasteiger partial charge in [0.2, 0.25) is 0 Å². The zero-order valence-electron chi connectivity index (χ0n) is 8.64. The molecule has 1 atom stereocenters. The van der Waals surface area contributed by atoms with Gasteiger partial charge in [-0.2, -0.15) is 0 Å². The monoisotopic (exact) mass is 174 g/mol. The maximum absolute atomic E-state index is 2.38. The lowest BCUT2D eigenvalue weighted by molar-refractivity contribution is 0.526. The summed E-state index contributed by atoms with van der Waals surface area (Å²) >= 11 is 0. The lowest BCUT2D eigenvalue weighted by atomic mass is 9.95. The van der Waals surface area contributed by atoms with Crippen molar-refractivity contribution in [1.29, 1.82) is 0 Å². The van der Waals surface area contributed by atoms with Gasteiger partial charge in [0.1, 0.15) is 0 Å². The second-order valence-corrected chi connectivity index (χ2v) is 4.41. The number of hydrogen-bond donors (Lipinski definition) is 0. The summed E-state index contributed by atoms with van der Waals surface area (Å²) in [6.45, 7) is 4.62. The Bertz CT molecular complexity index is 299. The minimum atomic E-state index is 0.877. The van der Waals surface area contributed by atoms with Crippen molar-refractivity contribution in [3.8, 4) is 0 Å². The molecule has 0 spiro atoms. The molecule has 0 N–H and O–H groups in total. The van der Waals surface area contributed by atoms with Gasteiger partial charge in [-0.05, 0) is 48.8 Å². The highest BCUT2D eigenvalue weighted by atomic mass is 14.2. The summed E-state index contributed by atoms with van der Waals surface area (Å²) in [5.41, 5.74) is 4.73. The predicted molar refractivity (Wildman–Crippen MR) is 57.0 cm³/mol. The highest BCUT2D eigenvalue weighted by Crippen LogP contribution is 2.26. The topological polar surface area (TPSA) is 0 Å². The van der Waals surface area contributed by atoms with Gasteiger partial charge in [0, 0.05) is 0 Å². The minimum Gasteiger partial charge on any atom is -0.0622 e. The second-order valence-electron chi connectivity index (χ2n) is 4.41. The van der Waals surface area contributed by atoms with Gasteiger partial charge >= 0.3 is 0 Å². The molecule has 0 amide bonds. The highest BCUT2D eigenvalue weighted by Gasteiger charge is 2.13. The van der Waals surface area contributed by atoms with Gasteiger partial charge < -0.3 is 0 Å². The van der Waals surface area contributed by atoms with Crippen molar-refractivity contribution in [3.05, 3.63) is 34.9 Å². The molecule has 0 aromatic heterocycles. The molecule has 0 aliphatic heterocycles. The Balaban J connectivity index is 2.40. The smallest absolute Gasteiger partial charge is 0.0248 e. The van der Waals surface area contributed by atoms with E-state index in [-0.39, 0.29) is 0 Å². The standard InChI is InChI=1S/C13H18/c1-10-5-3-7-12-8-4-6-11(2)13(12)9-10/h4,6,8,10H,3,5,7,9H2,1-2H3/t10-/m1/s1. The van der Waals surface area contributed by atoms with Crippen LogP contribution < -0.4 is 0 Å². The summed E-state index contributed by atoms with van der Waals surface area (Å²) in [7, 11) is 0. The van der Waals surface area contributed by atoms with E-state index >= 15 is 0 Å². The Labute approximate surface area is 81.0 Å². The van der Waals surface area contributed by atoms with Crippen LogP contribution in [0.15, 0.2) is 18.2 Å². The van der Waals surface area contributed by atoms with Crippen LogP contribution >= 0.6 is 0 Å². The third-order valence-corrected chi connectivity index (χ3v) is 3.20. The number of fused-ring (bicyclic) bond motifs is 1. The Kier molecular flexibility index (Phi) is 2.39. The Morgan fingerprint density at radius 1 is 1.31 bits per heavy atom. The van der Waals surface area contributed by atoms with Gasteiger partial charge in [-0.25, -0.2) is 0 Å². The molecule has 70 valence electrons. The summed E-state index contributed by atoms with van der Waals surface area (Å²) in [6.07, 6.45) is 5.36. The molecule has 1 aliphatic rings. The van der Waals surface area contributed by atoms with Crippen LogP contribution in [0.4, 0.5) is 0 Å². The van der Waals surface area contributed by atoms with Crippen LogP contribution in [-0.4, -0.2) is 0 Å². The van der Waals surface area contributed by atoms with Gasteiger partial charge in [-0.1, -0.05) is 31.5 Å². The lowest BCUT2D eigenvalue weighted by Crippen LogP contribution is -1.99. The third kappa shape index (κ3) is 1.77. The van der Waals surface area contributed by atoms with Gasteiger partial charge in [-0.3, -0.25) is 0 Å². The molecule has 0 fully saturated rings. The van der Waals surface area contributed by atoms with Gasteiger partial charge in [-0.15, -0.1) is 0 Å². The van der Waals surface area contributed by atoms with Crippen LogP contribution in [0, 0.1) is 12.8 Å². The van der Waals surface area contributed by atoms with Crippen molar-refractivity contribution in [3.63, 3.8) is 0 Å². The molecular formula is C13H18. The molecule has 0 nitrogen and oxygen atoms in total. The van der Waals surface area contributed by atoms with E-state index < -0.39 is 0 Å². The van der Waals surface area contributed by atoms with Crippen molar-refractivity contribution >= 4 is 0 Å². The largest absolute Gasteiger partial charge is 0.0622 e. The van der Waals surface area contributed by atoms with Crippen molar-refractivity contribution < 1.29 is 0 Å². The fourth-order valence-corrected chi connectivity index (χ4v) is 2.38. The first-order valence-corrected chi connectivity index (χ1v) is 5.34. The molecule has 13 heavy (non-hydrogen) atoms. The summed E-state index contributed by atoms with van der Waals surface area (Å²) in [4.78, 5) is 0. The summed E-state index contributed by atoms with van der Waals surface area (Å²) in [5, 5.41) is 0. The summed E-state index contributed by atoms with van der Waals surface area (Å²) in [6, 6.07) is 6.75. The van der Waals surface area contributed by atoms with E-state index in [1.165, 1.54) is 31.2 Å². The summed E-state index contributed by atoms with van der Waals surface area (Å²) in [5.74, 6) is 0.877. The van der Waals surface area contributed by atoms with E-state index in [1.54, 1.807) is 11.1 Å². The molecular weight excluding hydrogens is 156 g/mol. The first-order valence-electron chi connectivity index (χ1n) is 5.34. The first kappa shape index (κ1) is 8.80. The van der Waals surface area contributed by atoms with Crippen molar-refractivity contribution in [1.82, 2.24) is 0 Å². The maximum Gasteiger partial charge on any atom is -0.0248 e. The van der Waals surface area contributed by atoms with Crippen LogP contribution in [-0.2, 0) is 12.8 Å². The number of rotatable bonds is 0. The van der Waals surface area contributed by atoms with E-state index in [0.29, 0.717) is 0 Å². The molecule has 0 saturated carbocycles. The van der Waals surface area contributed by atoms with E-state index in [2.05, 4.69) is 32.0 Å². The Hall–Kier alpha value is -0.780. The average Bonchev–Trinajstić information content (AvgIpc) is 2.28. The molecule has 1 aliphatic carbocycles. The lowest BCUT2D eigenvalue weighted by Gasteiger charge is -2.11. The second kappa shape index (κ2) is 3.53. The predicted octanol–water partition coefficient (Wildman–Crippen LogP) is 3.51. The zero-order valence-corrected chi connectivity index (χ0v) is 8.64. The molecule has 0 heterocycles. The van der Waals surface area contributed by atoms with Gasteiger partial charge in [0.25, 0.3) is 0 Å². The van der Waals surface area contributed by atoms with Gasteiger partial charge in [0.15, 0.2) is 0 Å². The van der Waals surface area contributed by atoms with Crippen LogP contribution in [0.5, 0.6) is 0 Å².